The summed E-state index contributed by atoms with van der Waals surface area (Å²) in [5.74, 6) is 1.41. The van der Waals surface area contributed by atoms with Crippen molar-refractivity contribution >= 4 is 13.6 Å². The van der Waals surface area contributed by atoms with Gasteiger partial charge in [-0.3, -0.25) is 9.69 Å². The highest BCUT2D eigenvalue weighted by molar-refractivity contribution is 7.48. The first kappa shape index (κ1) is 24.2. The summed E-state index contributed by atoms with van der Waals surface area (Å²) in [4.78, 5) is 23.0. The molecule has 0 fully saturated rings. The number of methoxy groups -OCH3 is 3. The van der Waals surface area contributed by atoms with Gasteiger partial charge in [0.15, 0.2) is 5.78 Å². The van der Waals surface area contributed by atoms with Crippen LogP contribution in [0.25, 0.3) is 0 Å². The van der Waals surface area contributed by atoms with Crippen LogP contribution in [0.1, 0.15) is 22.3 Å². The Bertz CT molecular complexity index is 1120. The lowest BCUT2D eigenvalue weighted by molar-refractivity contribution is 0.0976. The average Bonchev–Trinajstić information content (AvgIpc) is 2.81. The first-order valence-corrected chi connectivity index (χ1v) is 11.5. The molecule has 3 aromatic rings. The van der Waals surface area contributed by atoms with E-state index in [-0.39, 0.29) is 23.7 Å². The molecule has 9 heteroatoms. The zero-order valence-corrected chi connectivity index (χ0v) is 19.4. The van der Waals surface area contributed by atoms with Crippen molar-refractivity contribution in [2.75, 3.05) is 21.3 Å². The van der Waals surface area contributed by atoms with Gasteiger partial charge in [0.1, 0.15) is 34.3 Å². The Kier molecular flexibility index (Phi) is 7.98. The minimum absolute atomic E-state index is 0.153. The second-order valence-electron chi connectivity index (χ2n) is 6.94. The maximum atomic E-state index is 13.0. The first-order chi connectivity index (χ1) is 15.8. The second kappa shape index (κ2) is 10.9. The Balaban J connectivity index is 1.70. The summed E-state index contributed by atoms with van der Waals surface area (Å²) in [6.45, 7) is 0. The molecular formula is C24H25O8P. The van der Waals surface area contributed by atoms with E-state index in [1.807, 2.05) is 0 Å². The van der Waals surface area contributed by atoms with E-state index in [4.69, 9.17) is 23.3 Å². The molecule has 33 heavy (non-hydrogen) atoms. The van der Waals surface area contributed by atoms with Gasteiger partial charge in [-0.25, -0.2) is 4.57 Å². The molecule has 3 rings (SSSR count). The van der Waals surface area contributed by atoms with Crippen LogP contribution >= 0.6 is 7.82 Å². The number of Topliss-reactive ketones (excluding diaryl/α,β-unsaturated/α-hetero) is 1. The molecule has 1 atom stereocenters. The highest BCUT2D eigenvalue weighted by Crippen LogP contribution is 2.44. The van der Waals surface area contributed by atoms with Gasteiger partial charge in [0.2, 0.25) is 0 Å². The van der Waals surface area contributed by atoms with Gasteiger partial charge < -0.3 is 23.3 Å². The molecule has 0 amide bonds. The predicted octanol–water partition coefficient (Wildman–Crippen LogP) is 5.09. The zero-order valence-electron chi connectivity index (χ0n) is 18.5. The van der Waals surface area contributed by atoms with E-state index in [1.54, 1.807) is 60.7 Å². The lowest BCUT2D eigenvalue weighted by Gasteiger charge is -2.15. The molecule has 0 bridgehead atoms. The van der Waals surface area contributed by atoms with Crippen molar-refractivity contribution in [3.05, 3.63) is 77.9 Å². The number of ether oxygens (including phenoxy) is 3. The van der Waals surface area contributed by atoms with E-state index in [2.05, 4.69) is 0 Å². The predicted molar refractivity (Wildman–Crippen MR) is 123 cm³/mol. The maximum Gasteiger partial charge on any atom is 0.584 e. The van der Waals surface area contributed by atoms with Crippen LogP contribution < -0.4 is 23.3 Å². The molecule has 0 saturated carbocycles. The van der Waals surface area contributed by atoms with Crippen LogP contribution in [0.5, 0.6) is 28.7 Å². The summed E-state index contributed by atoms with van der Waals surface area (Å²) >= 11 is 0. The normalized spacial score (nSPS) is 12.4. The van der Waals surface area contributed by atoms with Crippen molar-refractivity contribution < 1.29 is 37.5 Å². The second-order valence-corrected chi connectivity index (χ2v) is 8.24. The van der Waals surface area contributed by atoms with E-state index < -0.39 is 7.82 Å². The Hall–Kier alpha value is -3.48. The van der Waals surface area contributed by atoms with Gasteiger partial charge in [-0.1, -0.05) is 30.3 Å². The molecule has 8 nitrogen and oxygen atoms in total. The van der Waals surface area contributed by atoms with Gasteiger partial charge in [-0.2, -0.15) is 0 Å². The van der Waals surface area contributed by atoms with Crippen LogP contribution in [0.15, 0.2) is 66.7 Å². The third kappa shape index (κ3) is 6.51. The fourth-order valence-electron chi connectivity index (χ4n) is 3.19. The Morgan fingerprint density at radius 3 is 2.00 bits per heavy atom. The Morgan fingerprint density at radius 2 is 1.39 bits per heavy atom. The van der Waals surface area contributed by atoms with E-state index in [0.717, 1.165) is 5.56 Å². The van der Waals surface area contributed by atoms with Gasteiger partial charge in [0.05, 0.1) is 21.3 Å². The monoisotopic (exact) mass is 472 g/mol. The standard InChI is InChI=1S/C24H25O8P/c1-28-20-15-22(29-2)24(23(16-20)30-3)21(25)13-12-17-8-7-11-19(14-17)32-33(26,27)31-18-9-5-4-6-10-18/h4-11,14-16H,12-13H2,1-3H3,(H,26,27). The van der Waals surface area contributed by atoms with Crippen LogP contribution in [0.2, 0.25) is 0 Å². The summed E-state index contributed by atoms with van der Waals surface area (Å²) in [6, 6.07) is 18.1. The lowest BCUT2D eigenvalue weighted by Crippen LogP contribution is -2.07. The molecule has 174 valence electrons. The topological polar surface area (TPSA) is 101 Å². The van der Waals surface area contributed by atoms with Gasteiger partial charge >= 0.3 is 7.82 Å². The minimum atomic E-state index is -4.38. The van der Waals surface area contributed by atoms with Gasteiger partial charge in [0, 0.05) is 18.6 Å². The van der Waals surface area contributed by atoms with Crippen molar-refractivity contribution in [1.82, 2.24) is 0 Å². The number of hydrogen-bond donors (Lipinski definition) is 1. The third-order valence-corrected chi connectivity index (χ3v) is 5.60. The summed E-state index contributed by atoms with van der Waals surface area (Å²) in [5.41, 5.74) is 1.07. The average molecular weight is 472 g/mol. The number of ketones is 1. The van der Waals surface area contributed by atoms with Crippen LogP contribution in [0.4, 0.5) is 0 Å². The number of hydrogen-bond acceptors (Lipinski definition) is 7. The van der Waals surface area contributed by atoms with E-state index >= 15 is 0 Å². The van der Waals surface area contributed by atoms with Crippen molar-refractivity contribution in [3.63, 3.8) is 0 Å². The zero-order chi connectivity index (χ0) is 23.8. The van der Waals surface area contributed by atoms with Gasteiger partial charge in [0.25, 0.3) is 0 Å². The van der Waals surface area contributed by atoms with Gasteiger partial charge in [-0.05, 0) is 36.2 Å². The highest BCUT2D eigenvalue weighted by Gasteiger charge is 2.25. The van der Waals surface area contributed by atoms with Crippen LogP contribution in [0, 0.1) is 0 Å². The van der Waals surface area contributed by atoms with Crippen molar-refractivity contribution in [2.24, 2.45) is 0 Å². The number of phosphoric acid groups is 1. The van der Waals surface area contributed by atoms with Crippen LogP contribution in [-0.4, -0.2) is 32.0 Å². The SMILES string of the molecule is COc1cc(OC)c(C(=O)CCc2cccc(OP(=O)(O)Oc3ccccc3)c2)c(OC)c1. The molecule has 0 spiro atoms. The van der Waals surface area contributed by atoms with E-state index in [9.17, 15) is 14.3 Å². The van der Waals surface area contributed by atoms with Crippen molar-refractivity contribution in [2.45, 2.75) is 12.8 Å². The number of carbonyl (C=O) groups excluding carboxylic acids is 1. The largest absolute Gasteiger partial charge is 0.584 e. The highest BCUT2D eigenvalue weighted by atomic mass is 31.2. The van der Waals surface area contributed by atoms with Crippen molar-refractivity contribution in [3.8, 4) is 28.7 Å². The molecule has 0 aromatic heterocycles. The summed E-state index contributed by atoms with van der Waals surface area (Å²) in [6.07, 6.45) is 0.517. The Morgan fingerprint density at radius 1 is 0.788 bits per heavy atom. The molecular weight excluding hydrogens is 447 g/mol. The molecule has 0 saturated heterocycles. The first-order valence-electron chi connectivity index (χ1n) is 10.0. The van der Waals surface area contributed by atoms with E-state index in [1.165, 1.54) is 27.4 Å². The van der Waals surface area contributed by atoms with Gasteiger partial charge in [-0.15, -0.1) is 0 Å². The molecule has 0 heterocycles. The van der Waals surface area contributed by atoms with Crippen LogP contribution in [0.3, 0.4) is 0 Å². The molecule has 0 aliphatic heterocycles. The number of para-hydroxylation sites is 1. The number of carbonyl (C=O) groups is 1. The third-order valence-electron chi connectivity index (χ3n) is 4.72. The fourth-order valence-corrected chi connectivity index (χ4v) is 3.99. The summed E-state index contributed by atoms with van der Waals surface area (Å²) < 4.78 is 38.5. The fraction of sp³-hybridized carbons (Fsp3) is 0.208. The van der Waals surface area contributed by atoms with E-state index in [0.29, 0.717) is 29.2 Å². The molecule has 1 N–H and O–H groups in total. The quantitative estimate of drug-likeness (QED) is 0.304. The smallest absolute Gasteiger partial charge is 0.496 e. The Labute approximate surface area is 192 Å². The molecule has 0 radical (unpaired) electrons. The molecule has 3 aromatic carbocycles. The number of aryl methyl sites for hydroxylation is 1. The summed E-state index contributed by atoms with van der Waals surface area (Å²) in [7, 11) is 0.0692. The maximum absolute atomic E-state index is 13.0. The lowest BCUT2D eigenvalue weighted by atomic mass is 10.0. The summed E-state index contributed by atoms with van der Waals surface area (Å²) in [5, 5.41) is 0. The van der Waals surface area contributed by atoms with Crippen LogP contribution in [-0.2, 0) is 11.0 Å². The molecule has 0 aliphatic carbocycles. The molecule has 0 aliphatic rings. The number of benzene rings is 3. The minimum Gasteiger partial charge on any atom is -0.496 e. The number of phosphoric ester groups is 1. The van der Waals surface area contributed by atoms with Crippen molar-refractivity contribution in [1.29, 1.82) is 0 Å². The molecule has 1 unspecified atom stereocenters. The number of rotatable bonds is 11.